The Morgan fingerprint density at radius 3 is 2.68 bits per heavy atom. The van der Waals surface area contributed by atoms with Crippen molar-refractivity contribution in [2.75, 3.05) is 5.73 Å². The Labute approximate surface area is 114 Å². The Morgan fingerprint density at radius 2 is 2.00 bits per heavy atom. The summed E-state index contributed by atoms with van der Waals surface area (Å²) in [4.78, 5) is 11.9. The average Bonchev–Trinajstić information content (AvgIpc) is 2.36. The number of hydrogen-bond acceptors (Lipinski definition) is 3. The van der Waals surface area contributed by atoms with Crippen LogP contribution in [0.3, 0.4) is 0 Å². The lowest BCUT2D eigenvalue weighted by Crippen LogP contribution is -2.09. The van der Waals surface area contributed by atoms with Crippen LogP contribution in [-0.2, 0) is 11.3 Å². The molecular formula is C14H11ClFNO2. The number of halogens is 2. The third-order valence-corrected chi connectivity index (χ3v) is 2.82. The van der Waals surface area contributed by atoms with Crippen molar-refractivity contribution >= 4 is 23.3 Å². The zero-order valence-electron chi connectivity index (χ0n) is 9.90. The van der Waals surface area contributed by atoms with E-state index >= 15 is 0 Å². The molecule has 0 aliphatic heterocycles. The van der Waals surface area contributed by atoms with Crippen molar-refractivity contribution in [3.8, 4) is 0 Å². The lowest BCUT2D eigenvalue weighted by Gasteiger charge is -2.08. The minimum Gasteiger partial charge on any atom is -0.457 e. The van der Waals surface area contributed by atoms with E-state index in [1.165, 1.54) is 12.1 Å². The third kappa shape index (κ3) is 3.23. The van der Waals surface area contributed by atoms with Gasteiger partial charge in [-0.05, 0) is 29.8 Å². The molecule has 0 unspecified atom stereocenters. The molecule has 0 bridgehead atoms. The van der Waals surface area contributed by atoms with Crippen LogP contribution in [0.4, 0.5) is 10.1 Å². The largest absolute Gasteiger partial charge is 0.457 e. The minimum atomic E-state index is -0.632. The maximum Gasteiger partial charge on any atom is 0.342 e. The van der Waals surface area contributed by atoms with Crippen LogP contribution in [0.2, 0.25) is 5.02 Å². The highest BCUT2D eigenvalue weighted by molar-refractivity contribution is 6.34. The van der Waals surface area contributed by atoms with Crippen LogP contribution in [0.25, 0.3) is 0 Å². The van der Waals surface area contributed by atoms with Crippen molar-refractivity contribution < 1.29 is 13.9 Å². The molecule has 0 saturated carbocycles. The number of benzene rings is 2. The fourth-order valence-corrected chi connectivity index (χ4v) is 1.86. The Bertz CT molecular complexity index is 596. The van der Waals surface area contributed by atoms with E-state index in [0.29, 0.717) is 5.56 Å². The van der Waals surface area contributed by atoms with Crippen LogP contribution in [-0.4, -0.2) is 5.97 Å². The van der Waals surface area contributed by atoms with Crippen LogP contribution < -0.4 is 5.73 Å². The predicted octanol–water partition coefficient (Wildman–Crippen LogP) is 3.42. The fourth-order valence-electron chi connectivity index (χ4n) is 1.60. The van der Waals surface area contributed by atoms with Crippen LogP contribution >= 0.6 is 11.6 Å². The van der Waals surface area contributed by atoms with Gasteiger partial charge >= 0.3 is 5.97 Å². The summed E-state index contributed by atoms with van der Waals surface area (Å²) in [6.45, 7) is -0.0404. The second-order valence-corrected chi connectivity index (χ2v) is 4.32. The van der Waals surface area contributed by atoms with Crippen LogP contribution in [0.5, 0.6) is 0 Å². The van der Waals surface area contributed by atoms with E-state index in [0.717, 1.165) is 0 Å². The molecule has 0 spiro atoms. The highest BCUT2D eigenvalue weighted by Crippen LogP contribution is 2.23. The van der Waals surface area contributed by atoms with Gasteiger partial charge in [0.05, 0.1) is 5.02 Å². The molecule has 2 N–H and O–H groups in total. The molecule has 98 valence electrons. The molecule has 3 nitrogen and oxygen atoms in total. The minimum absolute atomic E-state index is 0.0404. The van der Waals surface area contributed by atoms with Crippen LogP contribution in [0, 0.1) is 5.82 Å². The molecule has 0 aromatic heterocycles. The molecule has 19 heavy (non-hydrogen) atoms. The van der Waals surface area contributed by atoms with Crippen LogP contribution in [0.15, 0.2) is 42.5 Å². The van der Waals surface area contributed by atoms with Gasteiger partial charge in [-0.3, -0.25) is 0 Å². The number of nitrogens with two attached hydrogens (primary N) is 1. The van der Waals surface area contributed by atoms with Crippen molar-refractivity contribution in [1.29, 1.82) is 0 Å². The summed E-state index contributed by atoms with van der Waals surface area (Å²) >= 11 is 5.89. The van der Waals surface area contributed by atoms with Gasteiger partial charge in [0.25, 0.3) is 0 Å². The van der Waals surface area contributed by atoms with Gasteiger partial charge in [0.1, 0.15) is 18.0 Å². The maximum atomic E-state index is 13.0. The zero-order valence-corrected chi connectivity index (χ0v) is 10.7. The smallest absolute Gasteiger partial charge is 0.342 e. The van der Waals surface area contributed by atoms with Gasteiger partial charge in [-0.1, -0.05) is 29.8 Å². The molecule has 5 heteroatoms. The summed E-state index contributed by atoms with van der Waals surface area (Å²) < 4.78 is 18.0. The number of anilines is 1. The van der Waals surface area contributed by atoms with Gasteiger partial charge in [0.2, 0.25) is 0 Å². The van der Waals surface area contributed by atoms with E-state index in [1.54, 1.807) is 30.3 Å². The molecule has 0 atom stereocenters. The first-order chi connectivity index (χ1) is 9.08. The normalized spacial score (nSPS) is 10.2. The molecular weight excluding hydrogens is 269 g/mol. The Balaban J connectivity index is 2.10. The van der Waals surface area contributed by atoms with Gasteiger partial charge in [0, 0.05) is 5.69 Å². The monoisotopic (exact) mass is 279 g/mol. The topological polar surface area (TPSA) is 52.3 Å². The number of rotatable bonds is 3. The summed E-state index contributed by atoms with van der Waals surface area (Å²) in [6.07, 6.45) is 0. The summed E-state index contributed by atoms with van der Waals surface area (Å²) in [5, 5.41) is 0.226. The first-order valence-corrected chi connectivity index (χ1v) is 5.91. The quantitative estimate of drug-likeness (QED) is 0.692. The SMILES string of the molecule is Nc1cccc(Cl)c1C(=O)OCc1cccc(F)c1. The summed E-state index contributed by atoms with van der Waals surface area (Å²) in [7, 11) is 0. The van der Waals surface area contributed by atoms with Gasteiger partial charge in [-0.2, -0.15) is 0 Å². The fraction of sp³-hybridized carbons (Fsp3) is 0.0714. The average molecular weight is 280 g/mol. The van der Waals surface area contributed by atoms with Gasteiger partial charge in [0.15, 0.2) is 0 Å². The molecule has 2 rings (SSSR count). The summed E-state index contributed by atoms with van der Waals surface area (Å²) in [5.74, 6) is -1.02. The standard InChI is InChI=1S/C14H11ClFNO2/c15-11-5-2-6-12(17)13(11)14(18)19-8-9-3-1-4-10(16)7-9/h1-7H,8,17H2. The molecule has 2 aromatic carbocycles. The van der Waals surface area contributed by atoms with E-state index in [-0.39, 0.29) is 28.7 Å². The van der Waals surface area contributed by atoms with Crippen molar-refractivity contribution in [3.63, 3.8) is 0 Å². The van der Waals surface area contributed by atoms with E-state index < -0.39 is 5.97 Å². The second kappa shape index (κ2) is 5.71. The number of carbonyl (C=O) groups is 1. The molecule has 0 fully saturated rings. The molecule has 0 saturated heterocycles. The van der Waals surface area contributed by atoms with Crippen molar-refractivity contribution in [1.82, 2.24) is 0 Å². The van der Waals surface area contributed by atoms with E-state index in [2.05, 4.69) is 0 Å². The molecule has 2 aromatic rings. The van der Waals surface area contributed by atoms with Gasteiger partial charge in [-0.25, -0.2) is 9.18 Å². The van der Waals surface area contributed by atoms with E-state index in [4.69, 9.17) is 22.1 Å². The van der Waals surface area contributed by atoms with Crippen molar-refractivity contribution in [2.24, 2.45) is 0 Å². The first-order valence-electron chi connectivity index (χ1n) is 5.53. The van der Waals surface area contributed by atoms with Gasteiger partial charge < -0.3 is 10.5 Å². The zero-order chi connectivity index (χ0) is 13.8. The summed E-state index contributed by atoms with van der Waals surface area (Å²) in [5.41, 5.74) is 6.60. The van der Waals surface area contributed by atoms with E-state index in [9.17, 15) is 9.18 Å². The second-order valence-electron chi connectivity index (χ2n) is 3.91. The number of hydrogen-bond donors (Lipinski definition) is 1. The molecule has 0 aliphatic rings. The number of esters is 1. The van der Waals surface area contributed by atoms with E-state index in [1.807, 2.05) is 0 Å². The number of nitrogen functional groups attached to an aromatic ring is 1. The predicted molar refractivity (Wildman–Crippen MR) is 71.4 cm³/mol. The molecule has 0 aliphatic carbocycles. The molecule has 0 amide bonds. The molecule has 0 radical (unpaired) electrons. The third-order valence-electron chi connectivity index (χ3n) is 2.51. The lowest BCUT2D eigenvalue weighted by atomic mass is 10.2. The summed E-state index contributed by atoms with van der Waals surface area (Å²) in [6, 6.07) is 10.6. The van der Waals surface area contributed by atoms with Crippen LogP contribution in [0.1, 0.15) is 15.9 Å². The highest BCUT2D eigenvalue weighted by Gasteiger charge is 2.15. The number of carbonyl (C=O) groups excluding carboxylic acids is 1. The van der Waals surface area contributed by atoms with Gasteiger partial charge in [-0.15, -0.1) is 0 Å². The number of ether oxygens (including phenoxy) is 1. The lowest BCUT2D eigenvalue weighted by molar-refractivity contribution is 0.0474. The Kier molecular flexibility index (Phi) is 4.02. The Hall–Kier alpha value is -2.07. The molecule has 0 heterocycles. The first kappa shape index (κ1) is 13.4. The Morgan fingerprint density at radius 1 is 1.26 bits per heavy atom. The van der Waals surface area contributed by atoms with Crippen molar-refractivity contribution in [3.05, 3.63) is 64.4 Å². The maximum absolute atomic E-state index is 13.0. The highest BCUT2D eigenvalue weighted by atomic mass is 35.5. The van der Waals surface area contributed by atoms with Crippen molar-refractivity contribution in [2.45, 2.75) is 6.61 Å².